The molecule has 0 saturated carbocycles. The molecular formula is C16H15NO3. The highest BCUT2D eigenvalue weighted by molar-refractivity contribution is 5.97. The molecule has 4 nitrogen and oxygen atoms in total. The van der Waals surface area contributed by atoms with Crippen molar-refractivity contribution >= 4 is 22.8 Å². The number of hydrogen-bond acceptors (Lipinski definition) is 3. The molecule has 4 heteroatoms. The molecular weight excluding hydrogens is 254 g/mol. The first-order chi connectivity index (χ1) is 9.66. The molecule has 1 aliphatic rings. The van der Waals surface area contributed by atoms with E-state index in [-0.39, 0.29) is 18.4 Å². The van der Waals surface area contributed by atoms with Crippen molar-refractivity contribution < 1.29 is 14.3 Å². The van der Waals surface area contributed by atoms with Gasteiger partial charge in [0.2, 0.25) is 5.91 Å². The van der Waals surface area contributed by atoms with Crippen LogP contribution in [0, 0.1) is 0 Å². The molecule has 0 unspecified atom stereocenters. The first kappa shape index (κ1) is 12.7. The standard InChI is InChI=1S/C16H15NO3/c1-11(15(18)17-8-9-20-16(17)19)13-7-6-12-4-2-3-5-14(12)10-13/h2-7,10-11H,8-9H2,1H3/t11-/m0/s1. The molecule has 1 heterocycles. The predicted molar refractivity (Wildman–Crippen MR) is 75.4 cm³/mol. The van der Waals surface area contributed by atoms with Gasteiger partial charge in [-0.3, -0.25) is 4.79 Å². The van der Waals surface area contributed by atoms with Crippen LogP contribution < -0.4 is 0 Å². The van der Waals surface area contributed by atoms with Crippen LogP contribution in [0.4, 0.5) is 4.79 Å². The van der Waals surface area contributed by atoms with Gasteiger partial charge in [0.1, 0.15) is 6.61 Å². The summed E-state index contributed by atoms with van der Waals surface area (Å²) in [6.45, 7) is 2.45. The molecule has 102 valence electrons. The van der Waals surface area contributed by atoms with E-state index in [0.717, 1.165) is 16.3 Å². The smallest absolute Gasteiger partial charge is 0.416 e. The second kappa shape index (κ2) is 4.96. The van der Waals surface area contributed by atoms with Gasteiger partial charge in [-0.2, -0.15) is 0 Å². The predicted octanol–water partition coefficient (Wildman–Crippen LogP) is 2.92. The summed E-state index contributed by atoms with van der Waals surface area (Å²) in [4.78, 5) is 24.9. The Morgan fingerprint density at radius 2 is 1.95 bits per heavy atom. The molecule has 0 aromatic heterocycles. The molecule has 2 amide bonds. The minimum Gasteiger partial charge on any atom is -0.447 e. The van der Waals surface area contributed by atoms with E-state index in [4.69, 9.17) is 4.74 Å². The fourth-order valence-corrected chi connectivity index (χ4v) is 2.45. The lowest BCUT2D eigenvalue weighted by Crippen LogP contribution is -2.34. The van der Waals surface area contributed by atoms with Gasteiger partial charge >= 0.3 is 6.09 Å². The molecule has 2 aromatic rings. The molecule has 20 heavy (non-hydrogen) atoms. The van der Waals surface area contributed by atoms with E-state index in [1.165, 1.54) is 4.90 Å². The Labute approximate surface area is 116 Å². The van der Waals surface area contributed by atoms with Crippen molar-refractivity contribution in [3.8, 4) is 0 Å². The molecule has 2 aromatic carbocycles. The van der Waals surface area contributed by atoms with E-state index < -0.39 is 6.09 Å². The SMILES string of the molecule is C[C@H](C(=O)N1CCOC1=O)c1ccc2ccccc2c1. The van der Waals surface area contributed by atoms with Crippen molar-refractivity contribution in [3.63, 3.8) is 0 Å². The van der Waals surface area contributed by atoms with Crippen molar-refractivity contribution in [2.24, 2.45) is 0 Å². The number of nitrogens with zero attached hydrogens (tertiary/aromatic N) is 1. The number of rotatable bonds is 2. The third-order valence-electron chi connectivity index (χ3n) is 3.67. The van der Waals surface area contributed by atoms with Crippen LogP contribution in [0.15, 0.2) is 42.5 Å². The zero-order chi connectivity index (χ0) is 14.1. The third kappa shape index (κ3) is 2.13. The number of carbonyl (C=O) groups excluding carboxylic acids is 2. The summed E-state index contributed by atoms with van der Waals surface area (Å²) in [6.07, 6.45) is -0.539. The van der Waals surface area contributed by atoms with Gasteiger partial charge in [-0.1, -0.05) is 42.5 Å². The van der Waals surface area contributed by atoms with Gasteiger partial charge in [-0.15, -0.1) is 0 Å². The highest BCUT2D eigenvalue weighted by Gasteiger charge is 2.32. The molecule has 1 fully saturated rings. The number of amides is 2. The fraction of sp³-hybridized carbons (Fsp3) is 0.250. The van der Waals surface area contributed by atoms with Crippen LogP contribution in [0.25, 0.3) is 10.8 Å². The van der Waals surface area contributed by atoms with Crippen molar-refractivity contribution in [2.75, 3.05) is 13.2 Å². The summed E-state index contributed by atoms with van der Waals surface area (Å²) >= 11 is 0. The minimum atomic E-state index is -0.539. The molecule has 0 spiro atoms. The number of hydrogen-bond donors (Lipinski definition) is 0. The van der Waals surface area contributed by atoms with Gasteiger partial charge in [0.05, 0.1) is 12.5 Å². The van der Waals surface area contributed by atoms with Gasteiger partial charge in [-0.05, 0) is 23.3 Å². The maximum atomic E-state index is 12.3. The highest BCUT2D eigenvalue weighted by atomic mass is 16.6. The molecule has 1 atom stereocenters. The molecule has 1 saturated heterocycles. The van der Waals surface area contributed by atoms with Crippen LogP contribution in [0.5, 0.6) is 0 Å². The van der Waals surface area contributed by atoms with Crippen LogP contribution in [-0.2, 0) is 9.53 Å². The average Bonchev–Trinajstić information content (AvgIpc) is 2.91. The van der Waals surface area contributed by atoms with Gasteiger partial charge in [0.15, 0.2) is 0 Å². The van der Waals surface area contributed by atoms with Gasteiger partial charge in [-0.25, -0.2) is 9.69 Å². The van der Waals surface area contributed by atoms with E-state index in [0.29, 0.717) is 6.54 Å². The van der Waals surface area contributed by atoms with Gasteiger partial charge < -0.3 is 4.74 Å². The average molecular weight is 269 g/mol. The Morgan fingerprint density at radius 3 is 2.65 bits per heavy atom. The third-order valence-corrected chi connectivity index (χ3v) is 3.67. The van der Waals surface area contributed by atoms with E-state index in [9.17, 15) is 9.59 Å². The summed E-state index contributed by atoms with van der Waals surface area (Å²) in [7, 11) is 0. The second-order valence-electron chi connectivity index (χ2n) is 4.93. The molecule has 0 bridgehead atoms. The lowest BCUT2D eigenvalue weighted by Gasteiger charge is -2.17. The molecule has 0 aliphatic carbocycles. The fourth-order valence-electron chi connectivity index (χ4n) is 2.45. The van der Waals surface area contributed by atoms with Crippen molar-refractivity contribution in [3.05, 3.63) is 48.0 Å². The summed E-state index contributed by atoms with van der Waals surface area (Å²) in [5.41, 5.74) is 0.911. The van der Waals surface area contributed by atoms with Crippen LogP contribution in [-0.4, -0.2) is 30.1 Å². The second-order valence-corrected chi connectivity index (χ2v) is 4.93. The van der Waals surface area contributed by atoms with Crippen molar-refractivity contribution in [1.29, 1.82) is 0 Å². The number of fused-ring (bicyclic) bond motifs is 1. The monoisotopic (exact) mass is 269 g/mol. The number of cyclic esters (lactones) is 1. The Bertz CT molecular complexity index is 680. The maximum Gasteiger partial charge on any atom is 0.416 e. The van der Waals surface area contributed by atoms with Crippen LogP contribution in [0.2, 0.25) is 0 Å². The quantitative estimate of drug-likeness (QED) is 0.842. The zero-order valence-corrected chi connectivity index (χ0v) is 11.2. The molecule has 3 rings (SSSR count). The number of ether oxygens (including phenoxy) is 1. The Morgan fingerprint density at radius 1 is 1.20 bits per heavy atom. The largest absolute Gasteiger partial charge is 0.447 e. The Kier molecular flexibility index (Phi) is 3.14. The van der Waals surface area contributed by atoms with Crippen molar-refractivity contribution in [1.82, 2.24) is 4.90 Å². The van der Waals surface area contributed by atoms with Crippen LogP contribution in [0.1, 0.15) is 18.4 Å². The maximum absolute atomic E-state index is 12.3. The van der Waals surface area contributed by atoms with E-state index >= 15 is 0 Å². The van der Waals surface area contributed by atoms with Crippen LogP contribution in [0.3, 0.4) is 0 Å². The van der Waals surface area contributed by atoms with Gasteiger partial charge in [0.25, 0.3) is 0 Å². The summed E-state index contributed by atoms with van der Waals surface area (Å²) in [6, 6.07) is 13.9. The number of carbonyl (C=O) groups is 2. The van der Waals surface area contributed by atoms with Crippen molar-refractivity contribution in [2.45, 2.75) is 12.8 Å². The summed E-state index contributed by atoms with van der Waals surface area (Å²) < 4.78 is 4.81. The normalized spacial score (nSPS) is 16.2. The number of imide groups is 1. The lowest BCUT2D eigenvalue weighted by molar-refractivity contribution is -0.128. The minimum absolute atomic E-state index is 0.206. The summed E-state index contributed by atoms with van der Waals surface area (Å²) in [5.74, 6) is -0.562. The molecule has 0 N–H and O–H groups in total. The topological polar surface area (TPSA) is 46.6 Å². The Hall–Kier alpha value is -2.36. The zero-order valence-electron chi connectivity index (χ0n) is 11.2. The van der Waals surface area contributed by atoms with E-state index in [1.807, 2.05) is 49.4 Å². The Balaban J connectivity index is 1.89. The lowest BCUT2D eigenvalue weighted by atomic mass is 9.97. The highest BCUT2D eigenvalue weighted by Crippen LogP contribution is 2.24. The van der Waals surface area contributed by atoms with E-state index in [2.05, 4.69) is 0 Å². The van der Waals surface area contributed by atoms with E-state index in [1.54, 1.807) is 0 Å². The molecule has 1 aliphatic heterocycles. The first-order valence-electron chi connectivity index (χ1n) is 6.63. The number of benzene rings is 2. The van der Waals surface area contributed by atoms with Crippen LogP contribution >= 0.6 is 0 Å². The summed E-state index contributed by atoms with van der Waals surface area (Å²) in [5, 5.41) is 2.23. The van der Waals surface area contributed by atoms with Gasteiger partial charge in [0, 0.05) is 0 Å². The first-order valence-corrected chi connectivity index (χ1v) is 6.63. The molecule has 0 radical (unpaired) electrons.